The zero-order valence-electron chi connectivity index (χ0n) is 9.55. The lowest BCUT2D eigenvalue weighted by molar-refractivity contribution is -0.112. The van der Waals surface area contributed by atoms with Gasteiger partial charge in [-0.1, -0.05) is 11.6 Å². The molecule has 18 heavy (non-hydrogen) atoms. The Balaban J connectivity index is 2.11. The topological polar surface area (TPSA) is 64.0 Å². The van der Waals surface area contributed by atoms with Gasteiger partial charge < -0.3 is 9.88 Å². The van der Waals surface area contributed by atoms with E-state index >= 15 is 0 Å². The van der Waals surface area contributed by atoms with Crippen molar-refractivity contribution in [2.75, 3.05) is 5.32 Å². The van der Waals surface area contributed by atoms with Gasteiger partial charge in [-0.2, -0.15) is 0 Å². The largest absolute Gasteiger partial charge is 0.348 e. The average molecular weight is 264 g/mol. The number of aromatic nitrogens is 2. The number of amides is 1. The van der Waals surface area contributed by atoms with E-state index in [4.69, 9.17) is 11.6 Å². The standard InChI is InChI=1S/C12H10ClN3O2/c1-16-6-2-3-9(16)11(17)12(18)15-10-5-4-8(13)7-14-10/h2-7H,1H3,(H,14,15,18). The summed E-state index contributed by atoms with van der Waals surface area (Å²) in [6.45, 7) is 0. The molecule has 0 aliphatic carbocycles. The van der Waals surface area contributed by atoms with Gasteiger partial charge in [0.05, 0.1) is 10.7 Å². The zero-order chi connectivity index (χ0) is 13.1. The minimum atomic E-state index is -0.730. The summed E-state index contributed by atoms with van der Waals surface area (Å²) in [5.41, 5.74) is 0.321. The first kappa shape index (κ1) is 12.3. The van der Waals surface area contributed by atoms with E-state index in [2.05, 4.69) is 10.3 Å². The Morgan fingerprint density at radius 1 is 1.33 bits per heavy atom. The van der Waals surface area contributed by atoms with Crippen molar-refractivity contribution in [3.63, 3.8) is 0 Å². The molecule has 1 amide bonds. The smallest absolute Gasteiger partial charge is 0.299 e. The lowest BCUT2D eigenvalue weighted by Crippen LogP contribution is -2.25. The number of ketones is 1. The van der Waals surface area contributed by atoms with Gasteiger partial charge in [0, 0.05) is 19.4 Å². The predicted octanol–water partition coefficient (Wildman–Crippen LogP) is 1.89. The molecular formula is C12H10ClN3O2. The second kappa shape index (κ2) is 5.01. The van der Waals surface area contributed by atoms with Crippen LogP contribution in [0.25, 0.3) is 0 Å². The maximum Gasteiger partial charge on any atom is 0.299 e. The maximum absolute atomic E-state index is 11.8. The van der Waals surface area contributed by atoms with E-state index in [0.29, 0.717) is 10.7 Å². The number of hydrogen-bond acceptors (Lipinski definition) is 3. The summed E-state index contributed by atoms with van der Waals surface area (Å²) in [7, 11) is 1.70. The molecule has 0 saturated heterocycles. The lowest BCUT2D eigenvalue weighted by Gasteiger charge is -2.04. The van der Waals surface area contributed by atoms with Crippen LogP contribution in [-0.4, -0.2) is 21.2 Å². The van der Waals surface area contributed by atoms with Gasteiger partial charge in [0.25, 0.3) is 11.7 Å². The van der Waals surface area contributed by atoms with Crippen LogP contribution in [0.1, 0.15) is 10.5 Å². The van der Waals surface area contributed by atoms with E-state index in [1.54, 1.807) is 36.0 Å². The number of carbonyl (C=O) groups excluding carboxylic acids is 2. The highest BCUT2D eigenvalue weighted by molar-refractivity contribution is 6.46. The number of halogens is 1. The Morgan fingerprint density at radius 2 is 2.11 bits per heavy atom. The normalized spacial score (nSPS) is 10.1. The van der Waals surface area contributed by atoms with E-state index in [9.17, 15) is 9.59 Å². The molecule has 0 unspecified atom stereocenters. The van der Waals surface area contributed by atoms with Crippen molar-refractivity contribution in [3.05, 3.63) is 47.4 Å². The molecule has 0 spiro atoms. The van der Waals surface area contributed by atoms with Gasteiger partial charge in [-0.3, -0.25) is 9.59 Å². The van der Waals surface area contributed by atoms with Crippen LogP contribution in [0.2, 0.25) is 5.02 Å². The van der Waals surface area contributed by atoms with E-state index in [0.717, 1.165) is 0 Å². The van der Waals surface area contributed by atoms with Crippen LogP contribution < -0.4 is 5.32 Å². The quantitative estimate of drug-likeness (QED) is 0.679. The summed E-state index contributed by atoms with van der Waals surface area (Å²) in [4.78, 5) is 27.4. The Bertz CT molecular complexity index is 590. The Kier molecular flexibility index (Phi) is 3.43. The molecule has 2 rings (SSSR count). The SMILES string of the molecule is Cn1cccc1C(=O)C(=O)Nc1ccc(Cl)cn1. The molecule has 0 atom stereocenters. The minimum absolute atomic E-state index is 0.284. The Labute approximate surface area is 108 Å². The highest BCUT2D eigenvalue weighted by Gasteiger charge is 2.18. The Morgan fingerprint density at radius 3 is 2.67 bits per heavy atom. The lowest BCUT2D eigenvalue weighted by atomic mass is 10.2. The number of nitrogens with zero attached hydrogens (tertiary/aromatic N) is 2. The first-order chi connectivity index (χ1) is 8.58. The highest BCUT2D eigenvalue weighted by Crippen LogP contribution is 2.10. The molecule has 1 N–H and O–H groups in total. The third kappa shape index (κ3) is 2.57. The molecule has 6 heteroatoms. The van der Waals surface area contributed by atoms with E-state index in [1.807, 2.05) is 0 Å². The van der Waals surface area contributed by atoms with Gasteiger partial charge in [-0.05, 0) is 24.3 Å². The number of anilines is 1. The van der Waals surface area contributed by atoms with Crippen LogP contribution in [0.3, 0.4) is 0 Å². The molecule has 0 bridgehead atoms. The highest BCUT2D eigenvalue weighted by atomic mass is 35.5. The van der Waals surface area contributed by atoms with E-state index in [1.165, 1.54) is 12.3 Å². The molecular weight excluding hydrogens is 254 g/mol. The maximum atomic E-state index is 11.8. The Hall–Kier alpha value is -2.14. The summed E-state index contributed by atoms with van der Waals surface area (Å²) in [6, 6.07) is 6.38. The molecule has 2 aromatic rings. The molecule has 92 valence electrons. The van der Waals surface area contributed by atoms with Crippen LogP contribution in [0.4, 0.5) is 5.82 Å². The summed E-state index contributed by atoms with van der Waals surface area (Å²) in [6.07, 6.45) is 3.09. The van der Waals surface area contributed by atoms with E-state index in [-0.39, 0.29) is 5.82 Å². The van der Waals surface area contributed by atoms with Crippen LogP contribution >= 0.6 is 11.6 Å². The monoisotopic (exact) mass is 263 g/mol. The van der Waals surface area contributed by atoms with Crippen LogP contribution in [0.5, 0.6) is 0 Å². The van der Waals surface area contributed by atoms with Gasteiger partial charge in [-0.25, -0.2) is 4.98 Å². The van der Waals surface area contributed by atoms with Crippen molar-refractivity contribution in [2.24, 2.45) is 7.05 Å². The molecule has 5 nitrogen and oxygen atoms in total. The van der Waals surface area contributed by atoms with E-state index < -0.39 is 11.7 Å². The van der Waals surface area contributed by atoms with Crippen molar-refractivity contribution < 1.29 is 9.59 Å². The molecule has 2 aromatic heterocycles. The van der Waals surface area contributed by atoms with Gasteiger partial charge >= 0.3 is 0 Å². The zero-order valence-corrected chi connectivity index (χ0v) is 10.3. The average Bonchev–Trinajstić information content (AvgIpc) is 2.77. The fourth-order valence-electron chi connectivity index (χ4n) is 1.44. The second-order valence-corrected chi connectivity index (χ2v) is 4.09. The fraction of sp³-hybridized carbons (Fsp3) is 0.0833. The predicted molar refractivity (Wildman–Crippen MR) is 67.6 cm³/mol. The van der Waals surface area contributed by atoms with Crippen LogP contribution in [0, 0.1) is 0 Å². The van der Waals surface area contributed by atoms with Gasteiger partial charge in [0.1, 0.15) is 5.82 Å². The summed E-state index contributed by atoms with van der Waals surface area (Å²) < 4.78 is 1.58. The van der Waals surface area contributed by atoms with Crippen molar-refractivity contribution in [2.45, 2.75) is 0 Å². The molecule has 0 fully saturated rings. The number of hydrogen-bond donors (Lipinski definition) is 1. The number of pyridine rings is 1. The minimum Gasteiger partial charge on any atom is -0.348 e. The first-order valence-electron chi connectivity index (χ1n) is 5.16. The van der Waals surface area contributed by atoms with Gasteiger partial charge in [-0.15, -0.1) is 0 Å². The number of nitrogens with one attached hydrogen (secondary N) is 1. The second-order valence-electron chi connectivity index (χ2n) is 3.65. The van der Waals surface area contributed by atoms with Crippen LogP contribution in [0.15, 0.2) is 36.7 Å². The summed E-state index contributed by atoms with van der Waals surface area (Å²) >= 11 is 5.67. The summed E-state index contributed by atoms with van der Waals surface area (Å²) in [5, 5.41) is 2.87. The fourth-order valence-corrected chi connectivity index (χ4v) is 1.55. The van der Waals surface area contributed by atoms with Crippen molar-refractivity contribution in [3.8, 4) is 0 Å². The molecule has 2 heterocycles. The third-order valence-electron chi connectivity index (χ3n) is 2.35. The van der Waals surface area contributed by atoms with Crippen molar-refractivity contribution in [1.82, 2.24) is 9.55 Å². The number of Topliss-reactive ketones (excluding diaryl/α,β-unsaturated/α-hetero) is 1. The first-order valence-corrected chi connectivity index (χ1v) is 5.54. The van der Waals surface area contributed by atoms with Gasteiger partial charge in [0.2, 0.25) is 0 Å². The molecule has 0 aliphatic rings. The number of rotatable bonds is 3. The molecule has 0 aromatic carbocycles. The molecule has 0 saturated carbocycles. The van der Waals surface area contributed by atoms with Crippen molar-refractivity contribution >= 4 is 29.1 Å². The molecule has 0 radical (unpaired) electrons. The number of carbonyl (C=O) groups is 2. The van der Waals surface area contributed by atoms with Crippen LogP contribution in [-0.2, 0) is 11.8 Å². The molecule has 0 aliphatic heterocycles. The number of aryl methyl sites for hydroxylation is 1. The van der Waals surface area contributed by atoms with Crippen molar-refractivity contribution in [1.29, 1.82) is 0 Å². The van der Waals surface area contributed by atoms with Gasteiger partial charge in [0.15, 0.2) is 0 Å². The summed E-state index contributed by atoms with van der Waals surface area (Å²) in [5.74, 6) is -1.06. The third-order valence-corrected chi connectivity index (χ3v) is 2.58.